The number of hydrogen-bond acceptors (Lipinski definition) is 3. The Morgan fingerprint density at radius 2 is 1.78 bits per heavy atom. The van der Waals surface area contributed by atoms with E-state index >= 15 is 0 Å². The summed E-state index contributed by atoms with van der Waals surface area (Å²) in [5.74, 6) is -2.25. The summed E-state index contributed by atoms with van der Waals surface area (Å²) >= 11 is 10.6. The molecule has 0 atom stereocenters. The molecular weight excluding hydrogens is 282 g/mol. The maximum Gasteiger partial charge on any atom is 0.338 e. The van der Waals surface area contributed by atoms with Gasteiger partial charge in [0.15, 0.2) is 11.0 Å². The van der Waals surface area contributed by atoms with E-state index in [0.29, 0.717) is 0 Å². The Bertz CT molecular complexity index is 511. The van der Waals surface area contributed by atoms with Crippen LogP contribution in [-0.2, 0) is 0 Å². The standard InChI is InChI=1S/C6H2Cl2FNO2.C5H5N/c7-4-2(6(11)12)1-3(9)5(8)10-4;1-2-4-6-5-3-1/h1H,(H,11,12);1-5H. The predicted molar refractivity (Wildman–Crippen MR) is 65.4 cm³/mol. The van der Waals surface area contributed by atoms with Gasteiger partial charge in [-0.05, 0) is 18.2 Å². The molecular formula is C11H7Cl2FN2O2. The molecule has 0 unspecified atom stereocenters. The third-order valence-corrected chi connectivity index (χ3v) is 2.24. The summed E-state index contributed by atoms with van der Waals surface area (Å²) in [6.45, 7) is 0. The lowest BCUT2D eigenvalue weighted by molar-refractivity contribution is 0.0696. The van der Waals surface area contributed by atoms with Gasteiger partial charge in [-0.1, -0.05) is 29.3 Å². The zero-order valence-electron chi connectivity index (χ0n) is 8.85. The van der Waals surface area contributed by atoms with E-state index in [2.05, 4.69) is 9.97 Å². The lowest BCUT2D eigenvalue weighted by Crippen LogP contribution is -2.00. The van der Waals surface area contributed by atoms with E-state index < -0.39 is 22.5 Å². The molecule has 7 heteroatoms. The van der Waals surface area contributed by atoms with Gasteiger partial charge >= 0.3 is 5.97 Å². The highest BCUT2D eigenvalue weighted by molar-refractivity contribution is 6.34. The SMILES string of the molecule is O=C(O)c1cc(F)c(Cl)nc1Cl.c1ccncc1. The molecule has 0 saturated carbocycles. The minimum atomic E-state index is -1.34. The molecule has 0 amide bonds. The van der Waals surface area contributed by atoms with Gasteiger partial charge in [0.1, 0.15) is 5.15 Å². The summed E-state index contributed by atoms with van der Waals surface area (Å²) in [6.07, 6.45) is 3.50. The zero-order chi connectivity index (χ0) is 13.5. The van der Waals surface area contributed by atoms with Crippen LogP contribution < -0.4 is 0 Å². The zero-order valence-corrected chi connectivity index (χ0v) is 10.4. The topological polar surface area (TPSA) is 63.1 Å². The van der Waals surface area contributed by atoms with Crippen LogP contribution in [0.1, 0.15) is 10.4 Å². The number of aromatic nitrogens is 2. The first-order chi connectivity index (χ1) is 8.52. The molecule has 0 aliphatic heterocycles. The van der Waals surface area contributed by atoms with Crippen molar-refractivity contribution in [3.8, 4) is 0 Å². The van der Waals surface area contributed by atoms with Gasteiger partial charge < -0.3 is 5.11 Å². The van der Waals surface area contributed by atoms with E-state index in [9.17, 15) is 9.18 Å². The van der Waals surface area contributed by atoms with E-state index in [0.717, 1.165) is 6.07 Å². The van der Waals surface area contributed by atoms with Crippen LogP contribution >= 0.6 is 23.2 Å². The molecule has 0 aliphatic carbocycles. The fraction of sp³-hybridized carbons (Fsp3) is 0. The quantitative estimate of drug-likeness (QED) is 0.818. The second-order valence-electron chi connectivity index (χ2n) is 2.93. The van der Waals surface area contributed by atoms with Crippen LogP contribution in [0, 0.1) is 5.82 Å². The van der Waals surface area contributed by atoms with Crippen LogP contribution in [0.3, 0.4) is 0 Å². The number of carboxylic acids is 1. The second kappa shape index (κ2) is 6.88. The van der Waals surface area contributed by atoms with Crippen LogP contribution in [0.5, 0.6) is 0 Å². The van der Waals surface area contributed by atoms with E-state index in [-0.39, 0.29) is 5.15 Å². The van der Waals surface area contributed by atoms with Crippen molar-refractivity contribution in [3.05, 3.63) is 58.3 Å². The van der Waals surface area contributed by atoms with Crippen molar-refractivity contribution in [1.82, 2.24) is 9.97 Å². The smallest absolute Gasteiger partial charge is 0.338 e. The van der Waals surface area contributed by atoms with Crippen LogP contribution in [0.25, 0.3) is 0 Å². The van der Waals surface area contributed by atoms with Crippen molar-refractivity contribution in [2.75, 3.05) is 0 Å². The number of carboxylic acid groups (broad SMARTS) is 1. The first-order valence-corrected chi connectivity index (χ1v) is 5.37. The molecule has 2 aromatic rings. The maximum atomic E-state index is 12.6. The number of hydrogen-bond donors (Lipinski definition) is 1. The monoisotopic (exact) mass is 288 g/mol. The average Bonchev–Trinajstić information content (AvgIpc) is 2.36. The van der Waals surface area contributed by atoms with Crippen molar-refractivity contribution in [1.29, 1.82) is 0 Å². The fourth-order valence-electron chi connectivity index (χ4n) is 0.908. The van der Waals surface area contributed by atoms with Gasteiger partial charge in [-0.3, -0.25) is 4.98 Å². The summed E-state index contributed by atoms with van der Waals surface area (Å²) in [6, 6.07) is 6.44. The third-order valence-electron chi connectivity index (χ3n) is 1.68. The first-order valence-electron chi connectivity index (χ1n) is 4.62. The lowest BCUT2D eigenvalue weighted by atomic mass is 10.3. The minimum absolute atomic E-state index is 0.325. The summed E-state index contributed by atoms with van der Waals surface area (Å²) in [5.41, 5.74) is -0.404. The Morgan fingerprint density at radius 3 is 2.17 bits per heavy atom. The molecule has 1 N–H and O–H groups in total. The van der Waals surface area contributed by atoms with E-state index in [1.54, 1.807) is 12.4 Å². The van der Waals surface area contributed by atoms with Gasteiger partial charge in [-0.2, -0.15) is 0 Å². The van der Waals surface area contributed by atoms with E-state index in [1.165, 1.54) is 0 Å². The highest BCUT2D eigenvalue weighted by atomic mass is 35.5. The van der Waals surface area contributed by atoms with E-state index in [4.69, 9.17) is 28.3 Å². The number of aromatic carboxylic acids is 1. The highest BCUT2D eigenvalue weighted by Crippen LogP contribution is 2.19. The summed E-state index contributed by atoms with van der Waals surface area (Å²) < 4.78 is 12.6. The van der Waals surface area contributed by atoms with Crippen molar-refractivity contribution < 1.29 is 14.3 Å². The Labute approximate surface area is 112 Å². The molecule has 0 saturated heterocycles. The molecule has 2 aromatic heterocycles. The number of nitrogens with zero attached hydrogens (tertiary/aromatic N) is 2. The average molecular weight is 289 g/mol. The van der Waals surface area contributed by atoms with Gasteiger partial charge in [0.2, 0.25) is 0 Å². The van der Waals surface area contributed by atoms with E-state index in [1.807, 2.05) is 18.2 Å². The minimum Gasteiger partial charge on any atom is -0.478 e. The molecule has 94 valence electrons. The summed E-state index contributed by atoms with van der Waals surface area (Å²) in [7, 11) is 0. The van der Waals surface area contributed by atoms with Gasteiger partial charge in [0.05, 0.1) is 5.56 Å². The summed E-state index contributed by atoms with van der Waals surface area (Å²) in [4.78, 5) is 17.4. The Morgan fingerprint density at radius 1 is 1.17 bits per heavy atom. The molecule has 2 heterocycles. The van der Waals surface area contributed by atoms with Crippen LogP contribution in [0.2, 0.25) is 10.3 Å². The summed E-state index contributed by atoms with van der Waals surface area (Å²) in [5, 5.41) is 7.68. The number of pyridine rings is 2. The van der Waals surface area contributed by atoms with Crippen LogP contribution in [0.4, 0.5) is 4.39 Å². The Kier molecular flexibility index (Phi) is 5.48. The maximum absolute atomic E-state index is 12.6. The van der Waals surface area contributed by atoms with Gasteiger partial charge in [-0.15, -0.1) is 0 Å². The molecule has 4 nitrogen and oxygen atoms in total. The first kappa shape index (κ1) is 14.3. The largest absolute Gasteiger partial charge is 0.478 e. The molecule has 0 aromatic carbocycles. The molecule has 2 rings (SSSR count). The lowest BCUT2D eigenvalue weighted by Gasteiger charge is -1.98. The number of halogens is 3. The molecule has 0 radical (unpaired) electrons. The second-order valence-corrected chi connectivity index (χ2v) is 3.65. The van der Waals surface area contributed by atoms with Gasteiger partial charge in [0.25, 0.3) is 0 Å². The van der Waals surface area contributed by atoms with Crippen molar-refractivity contribution in [2.24, 2.45) is 0 Å². The van der Waals surface area contributed by atoms with Crippen molar-refractivity contribution in [2.45, 2.75) is 0 Å². The highest BCUT2D eigenvalue weighted by Gasteiger charge is 2.13. The van der Waals surface area contributed by atoms with Crippen LogP contribution in [0.15, 0.2) is 36.7 Å². The fourth-order valence-corrected chi connectivity index (χ4v) is 1.31. The van der Waals surface area contributed by atoms with Crippen LogP contribution in [-0.4, -0.2) is 21.0 Å². The Balaban J connectivity index is 0.000000225. The molecule has 0 aliphatic rings. The van der Waals surface area contributed by atoms with Gasteiger partial charge in [-0.25, -0.2) is 14.2 Å². The van der Waals surface area contributed by atoms with Crippen molar-refractivity contribution >= 4 is 29.2 Å². The predicted octanol–water partition coefficient (Wildman–Crippen LogP) is 3.31. The molecule has 18 heavy (non-hydrogen) atoms. The number of carbonyl (C=O) groups is 1. The van der Waals surface area contributed by atoms with Gasteiger partial charge in [0, 0.05) is 12.4 Å². The molecule has 0 fully saturated rings. The normalized spacial score (nSPS) is 9.28. The number of rotatable bonds is 1. The van der Waals surface area contributed by atoms with Crippen molar-refractivity contribution in [3.63, 3.8) is 0 Å². The molecule has 0 bridgehead atoms. The third kappa shape index (κ3) is 4.27. The molecule has 0 spiro atoms. The Hall–Kier alpha value is -1.72.